The largest absolute Gasteiger partial charge is 0.380 e. The molecule has 0 bridgehead atoms. The van der Waals surface area contributed by atoms with Crippen LogP contribution in [0, 0.1) is 5.82 Å². The Morgan fingerprint density at radius 2 is 2.22 bits per heavy atom. The highest BCUT2D eigenvalue weighted by Crippen LogP contribution is 2.26. The Labute approximate surface area is 211 Å². The summed E-state index contributed by atoms with van der Waals surface area (Å²) in [4.78, 5) is 8.53. The minimum absolute atomic E-state index is 0. The number of hydrogen-bond acceptors (Lipinski definition) is 5. The van der Waals surface area contributed by atoms with Crippen molar-refractivity contribution in [2.45, 2.75) is 39.1 Å². The molecule has 0 amide bonds. The van der Waals surface area contributed by atoms with Crippen LogP contribution in [0.2, 0.25) is 0 Å². The molecule has 178 valence electrons. The van der Waals surface area contributed by atoms with Crippen LogP contribution < -0.4 is 10.6 Å². The molecule has 3 rings (SSSR count). The molecule has 1 aliphatic rings. The number of morpholine rings is 1. The van der Waals surface area contributed by atoms with Crippen molar-refractivity contribution in [1.29, 1.82) is 0 Å². The molecule has 1 aliphatic heterocycles. The molecule has 0 radical (unpaired) electrons. The van der Waals surface area contributed by atoms with Gasteiger partial charge in [-0.25, -0.2) is 9.38 Å². The lowest BCUT2D eigenvalue weighted by Crippen LogP contribution is -2.48. The maximum absolute atomic E-state index is 13.9. The van der Waals surface area contributed by atoms with E-state index in [2.05, 4.69) is 40.0 Å². The van der Waals surface area contributed by atoms with Gasteiger partial charge in [0.1, 0.15) is 5.82 Å². The third-order valence-electron chi connectivity index (χ3n) is 5.22. The Balaban J connectivity index is 0.00000363. The van der Waals surface area contributed by atoms with Gasteiger partial charge in [-0.15, -0.1) is 35.3 Å². The highest BCUT2D eigenvalue weighted by molar-refractivity contribution is 14.0. The summed E-state index contributed by atoms with van der Waals surface area (Å²) in [7, 11) is 1.57. The molecule has 2 atom stereocenters. The quantitative estimate of drug-likeness (QED) is 0.267. The highest BCUT2D eigenvalue weighted by Gasteiger charge is 2.26. The van der Waals surface area contributed by atoms with Gasteiger partial charge in [-0.2, -0.15) is 0 Å². The molecule has 1 saturated heterocycles. The number of methoxy groups -OCH3 is 1. The van der Waals surface area contributed by atoms with Gasteiger partial charge in [-0.3, -0.25) is 4.90 Å². The predicted molar refractivity (Wildman–Crippen MR) is 139 cm³/mol. The molecular formula is C23H34FIN4O2S. The molecule has 1 aromatic heterocycles. The first kappa shape index (κ1) is 27.0. The predicted octanol–water partition coefficient (Wildman–Crippen LogP) is 4.17. The fraction of sp³-hybridized carbons (Fsp3) is 0.522. The molecule has 2 aromatic rings. The number of hydrogen-bond donors (Lipinski definition) is 2. The number of halogens is 2. The van der Waals surface area contributed by atoms with Crippen molar-refractivity contribution in [1.82, 2.24) is 15.5 Å². The van der Waals surface area contributed by atoms with Gasteiger partial charge in [-0.05, 0) is 43.0 Å². The molecule has 0 spiro atoms. The molecule has 2 N–H and O–H groups in total. The monoisotopic (exact) mass is 576 g/mol. The molecule has 9 heteroatoms. The summed E-state index contributed by atoms with van der Waals surface area (Å²) in [6, 6.07) is 9.61. The Morgan fingerprint density at radius 1 is 1.38 bits per heavy atom. The van der Waals surface area contributed by atoms with Gasteiger partial charge in [0, 0.05) is 43.7 Å². The van der Waals surface area contributed by atoms with Gasteiger partial charge in [0.15, 0.2) is 5.96 Å². The van der Waals surface area contributed by atoms with Crippen LogP contribution in [0.15, 0.2) is 40.7 Å². The van der Waals surface area contributed by atoms with Crippen LogP contribution in [0.1, 0.15) is 35.9 Å². The summed E-state index contributed by atoms with van der Waals surface area (Å²) >= 11 is 1.78. The number of ether oxygens (including phenoxy) is 2. The maximum atomic E-state index is 13.9. The smallest absolute Gasteiger partial charge is 0.191 e. The van der Waals surface area contributed by atoms with E-state index in [1.807, 2.05) is 13.0 Å². The summed E-state index contributed by atoms with van der Waals surface area (Å²) < 4.78 is 24.7. The molecule has 6 nitrogen and oxygen atoms in total. The second-order valence-corrected chi connectivity index (χ2v) is 8.62. The van der Waals surface area contributed by atoms with Crippen LogP contribution in [0.3, 0.4) is 0 Å². The molecule has 0 saturated carbocycles. The second-order valence-electron chi connectivity index (χ2n) is 7.64. The van der Waals surface area contributed by atoms with Gasteiger partial charge < -0.3 is 20.1 Å². The van der Waals surface area contributed by atoms with Crippen molar-refractivity contribution in [2.75, 3.05) is 39.9 Å². The SMILES string of the molecule is CCNC(=NCc1ccc(F)c(COC)c1)NCC(c1cccs1)N1CCOC(C)C1.I. The van der Waals surface area contributed by atoms with Crippen molar-refractivity contribution in [3.63, 3.8) is 0 Å². The highest BCUT2D eigenvalue weighted by atomic mass is 127. The van der Waals surface area contributed by atoms with Crippen molar-refractivity contribution in [3.05, 3.63) is 57.5 Å². The summed E-state index contributed by atoms with van der Waals surface area (Å²) in [5.74, 6) is 0.501. The number of rotatable bonds is 9. The van der Waals surface area contributed by atoms with E-state index in [0.29, 0.717) is 12.1 Å². The minimum Gasteiger partial charge on any atom is -0.380 e. The normalized spacial score (nSPS) is 18.1. The number of nitrogens with one attached hydrogen (secondary N) is 2. The molecule has 1 fully saturated rings. The van der Waals surface area contributed by atoms with Crippen molar-refractivity contribution in [3.8, 4) is 0 Å². The van der Waals surface area contributed by atoms with Crippen molar-refractivity contribution < 1.29 is 13.9 Å². The molecule has 1 aromatic carbocycles. The number of aliphatic imine (C=N–C) groups is 1. The van der Waals surface area contributed by atoms with Gasteiger partial charge >= 0.3 is 0 Å². The maximum Gasteiger partial charge on any atom is 0.191 e. The van der Waals surface area contributed by atoms with E-state index in [0.717, 1.165) is 44.3 Å². The Kier molecular flexibility index (Phi) is 11.9. The zero-order chi connectivity index (χ0) is 22.1. The molecule has 2 heterocycles. The first-order chi connectivity index (χ1) is 15.1. The number of nitrogens with zero attached hydrogens (tertiary/aromatic N) is 2. The second kappa shape index (κ2) is 14.1. The van der Waals surface area contributed by atoms with E-state index in [4.69, 9.17) is 14.5 Å². The number of guanidine groups is 1. The van der Waals surface area contributed by atoms with E-state index in [-0.39, 0.29) is 48.5 Å². The third kappa shape index (κ3) is 7.95. The topological polar surface area (TPSA) is 58.1 Å². The number of thiophene rings is 1. The standard InChI is InChI=1S/C23H33FN4O2S.HI/c1-4-25-23(26-13-18-7-8-20(24)19(12-18)16-29-3)27-14-21(22-6-5-11-31-22)28-9-10-30-17(2)15-28;/h5-8,11-12,17,21H,4,9-10,13-16H2,1-3H3,(H2,25,26,27);1H. The average molecular weight is 577 g/mol. The van der Waals surface area contributed by atoms with E-state index in [1.54, 1.807) is 24.5 Å². The van der Waals surface area contributed by atoms with Crippen LogP contribution in [0.5, 0.6) is 0 Å². The summed E-state index contributed by atoms with van der Waals surface area (Å²) in [5, 5.41) is 8.95. The number of benzene rings is 1. The fourth-order valence-electron chi connectivity index (χ4n) is 3.72. The zero-order valence-corrected chi connectivity index (χ0v) is 22.1. The molecule has 32 heavy (non-hydrogen) atoms. The van der Waals surface area contributed by atoms with Crippen LogP contribution in [0.4, 0.5) is 4.39 Å². The fourth-order valence-corrected chi connectivity index (χ4v) is 4.58. The van der Waals surface area contributed by atoms with E-state index in [9.17, 15) is 4.39 Å². The first-order valence-corrected chi connectivity index (χ1v) is 11.7. The summed E-state index contributed by atoms with van der Waals surface area (Å²) in [6.45, 7) is 8.98. The van der Waals surface area contributed by atoms with Crippen LogP contribution in [-0.4, -0.2) is 56.9 Å². The summed E-state index contributed by atoms with van der Waals surface area (Å²) in [5.41, 5.74) is 1.50. The summed E-state index contributed by atoms with van der Waals surface area (Å²) in [6.07, 6.45) is 0.234. The Morgan fingerprint density at radius 3 is 2.91 bits per heavy atom. The van der Waals surface area contributed by atoms with Crippen molar-refractivity contribution in [2.24, 2.45) is 4.99 Å². The molecule has 2 unspecified atom stereocenters. The van der Waals surface area contributed by atoms with Crippen molar-refractivity contribution >= 4 is 41.3 Å². The first-order valence-electron chi connectivity index (χ1n) is 10.8. The lowest BCUT2D eigenvalue weighted by Gasteiger charge is -2.37. The van der Waals surface area contributed by atoms with Crippen LogP contribution in [-0.2, 0) is 22.6 Å². The molecule has 0 aliphatic carbocycles. The zero-order valence-electron chi connectivity index (χ0n) is 19.0. The van der Waals surface area contributed by atoms with E-state index >= 15 is 0 Å². The van der Waals surface area contributed by atoms with Gasteiger partial charge in [-0.1, -0.05) is 12.1 Å². The lowest BCUT2D eigenvalue weighted by atomic mass is 10.1. The van der Waals surface area contributed by atoms with Crippen LogP contribution >= 0.6 is 35.3 Å². The Hall–Kier alpha value is -1.27. The van der Waals surface area contributed by atoms with E-state index in [1.165, 1.54) is 10.9 Å². The van der Waals surface area contributed by atoms with Crippen LogP contribution in [0.25, 0.3) is 0 Å². The lowest BCUT2D eigenvalue weighted by molar-refractivity contribution is -0.0334. The molecular weight excluding hydrogens is 542 g/mol. The third-order valence-corrected chi connectivity index (χ3v) is 6.20. The minimum atomic E-state index is -0.252. The van der Waals surface area contributed by atoms with Gasteiger partial charge in [0.05, 0.1) is 31.9 Å². The van der Waals surface area contributed by atoms with Gasteiger partial charge in [0.25, 0.3) is 0 Å². The van der Waals surface area contributed by atoms with E-state index < -0.39 is 0 Å². The average Bonchev–Trinajstić information content (AvgIpc) is 3.29. The Bertz CT molecular complexity index is 837. The van der Waals surface area contributed by atoms with Gasteiger partial charge in [0.2, 0.25) is 0 Å².